The van der Waals surface area contributed by atoms with Crippen LogP contribution < -0.4 is 10.1 Å². The Morgan fingerprint density at radius 2 is 1.95 bits per heavy atom. The number of hydrogen-bond acceptors (Lipinski definition) is 3. The Labute approximate surface area is 120 Å². The van der Waals surface area contributed by atoms with E-state index in [1.165, 1.54) is 36.8 Å². The van der Waals surface area contributed by atoms with E-state index in [2.05, 4.69) is 28.5 Å². The van der Waals surface area contributed by atoms with Gasteiger partial charge in [-0.2, -0.15) is 0 Å². The lowest BCUT2D eigenvalue weighted by atomic mass is 9.92. The summed E-state index contributed by atoms with van der Waals surface area (Å²) in [5.74, 6) is 1.82. The lowest BCUT2D eigenvalue weighted by Gasteiger charge is -2.16. The molecule has 2 aromatic rings. The van der Waals surface area contributed by atoms with Crippen LogP contribution >= 0.6 is 0 Å². The molecule has 20 heavy (non-hydrogen) atoms. The number of benzene rings is 1. The first kappa shape index (κ1) is 13.0. The van der Waals surface area contributed by atoms with Crippen molar-refractivity contribution < 1.29 is 4.74 Å². The Morgan fingerprint density at radius 1 is 1.10 bits per heavy atom. The molecule has 0 radical (unpaired) electrons. The van der Waals surface area contributed by atoms with Gasteiger partial charge >= 0.3 is 0 Å². The topological polar surface area (TPSA) is 34.1 Å². The molecule has 0 amide bonds. The first-order valence-electron chi connectivity index (χ1n) is 7.23. The third-order valence-electron chi connectivity index (χ3n) is 3.77. The van der Waals surface area contributed by atoms with Crippen molar-refractivity contribution in [2.45, 2.75) is 32.3 Å². The molecule has 1 aromatic carbocycles. The van der Waals surface area contributed by atoms with E-state index in [1.807, 2.05) is 25.2 Å². The zero-order valence-corrected chi connectivity index (χ0v) is 11.9. The Kier molecular flexibility index (Phi) is 3.86. The molecular formula is C17H20N2O. The van der Waals surface area contributed by atoms with Crippen LogP contribution in [0.5, 0.6) is 5.75 Å². The molecule has 1 aliphatic rings. The summed E-state index contributed by atoms with van der Waals surface area (Å²) in [6.45, 7) is 0.508. The minimum absolute atomic E-state index is 0.508. The monoisotopic (exact) mass is 268 g/mol. The average molecular weight is 268 g/mol. The van der Waals surface area contributed by atoms with Crippen molar-refractivity contribution in [1.82, 2.24) is 4.98 Å². The van der Waals surface area contributed by atoms with Crippen LogP contribution in [0.2, 0.25) is 0 Å². The molecule has 1 N–H and O–H groups in total. The SMILES string of the molecule is CNc1cccc(COc2ccc3c(c2)CCCC3)n1. The molecule has 3 rings (SSSR count). The first-order chi connectivity index (χ1) is 9.85. The number of ether oxygens (including phenoxy) is 1. The van der Waals surface area contributed by atoms with Gasteiger partial charge in [0.25, 0.3) is 0 Å². The predicted octanol–water partition coefficient (Wildman–Crippen LogP) is 3.58. The fraction of sp³-hybridized carbons (Fsp3) is 0.353. The number of nitrogens with zero attached hydrogens (tertiary/aromatic N) is 1. The van der Waals surface area contributed by atoms with Gasteiger partial charge in [0.1, 0.15) is 18.2 Å². The Hall–Kier alpha value is -2.03. The van der Waals surface area contributed by atoms with Crippen molar-refractivity contribution in [3.8, 4) is 5.75 Å². The smallest absolute Gasteiger partial charge is 0.130 e. The molecule has 104 valence electrons. The van der Waals surface area contributed by atoms with Crippen molar-refractivity contribution in [1.29, 1.82) is 0 Å². The van der Waals surface area contributed by atoms with E-state index >= 15 is 0 Å². The number of nitrogens with one attached hydrogen (secondary N) is 1. The Balaban J connectivity index is 1.68. The van der Waals surface area contributed by atoms with Crippen LogP contribution in [-0.4, -0.2) is 12.0 Å². The van der Waals surface area contributed by atoms with Gasteiger partial charge in [-0.15, -0.1) is 0 Å². The van der Waals surface area contributed by atoms with Crippen LogP contribution in [0.25, 0.3) is 0 Å². The van der Waals surface area contributed by atoms with Gasteiger partial charge in [-0.25, -0.2) is 4.98 Å². The molecule has 0 aliphatic heterocycles. The van der Waals surface area contributed by atoms with E-state index in [0.29, 0.717) is 6.61 Å². The summed E-state index contributed by atoms with van der Waals surface area (Å²) in [6.07, 6.45) is 5.00. The first-order valence-corrected chi connectivity index (χ1v) is 7.23. The molecular weight excluding hydrogens is 248 g/mol. The number of aryl methyl sites for hydroxylation is 2. The molecule has 0 saturated carbocycles. The van der Waals surface area contributed by atoms with Gasteiger partial charge in [0, 0.05) is 7.05 Å². The normalized spacial score (nSPS) is 13.7. The summed E-state index contributed by atoms with van der Waals surface area (Å²) < 4.78 is 5.87. The second kappa shape index (κ2) is 5.95. The number of aromatic nitrogens is 1. The lowest BCUT2D eigenvalue weighted by Crippen LogP contribution is -2.04. The van der Waals surface area contributed by atoms with Gasteiger partial charge in [0.05, 0.1) is 5.69 Å². The van der Waals surface area contributed by atoms with E-state index < -0.39 is 0 Å². The minimum atomic E-state index is 0.508. The van der Waals surface area contributed by atoms with E-state index in [-0.39, 0.29) is 0 Å². The zero-order valence-electron chi connectivity index (χ0n) is 11.9. The summed E-state index contributed by atoms with van der Waals surface area (Å²) in [4.78, 5) is 4.46. The fourth-order valence-corrected chi connectivity index (χ4v) is 2.66. The van der Waals surface area contributed by atoms with E-state index in [0.717, 1.165) is 17.3 Å². The average Bonchev–Trinajstić information content (AvgIpc) is 2.53. The molecule has 0 spiro atoms. The maximum Gasteiger partial charge on any atom is 0.130 e. The van der Waals surface area contributed by atoms with Gasteiger partial charge in [-0.3, -0.25) is 0 Å². The van der Waals surface area contributed by atoms with E-state index in [9.17, 15) is 0 Å². The van der Waals surface area contributed by atoms with Crippen LogP contribution in [0.3, 0.4) is 0 Å². The highest BCUT2D eigenvalue weighted by atomic mass is 16.5. The number of fused-ring (bicyclic) bond motifs is 1. The van der Waals surface area contributed by atoms with Gasteiger partial charge in [-0.1, -0.05) is 12.1 Å². The van der Waals surface area contributed by atoms with Crippen LogP contribution in [0, 0.1) is 0 Å². The minimum Gasteiger partial charge on any atom is -0.487 e. The highest BCUT2D eigenvalue weighted by Gasteiger charge is 2.10. The second-order valence-corrected chi connectivity index (χ2v) is 5.19. The van der Waals surface area contributed by atoms with Crippen molar-refractivity contribution in [2.75, 3.05) is 12.4 Å². The van der Waals surface area contributed by atoms with Gasteiger partial charge in [-0.05, 0) is 61.1 Å². The van der Waals surface area contributed by atoms with Crippen LogP contribution in [-0.2, 0) is 19.4 Å². The van der Waals surface area contributed by atoms with Gasteiger partial charge < -0.3 is 10.1 Å². The Bertz CT molecular complexity index is 595. The van der Waals surface area contributed by atoms with Crippen LogP contribution in [0.1, 0.15) is 29.7 Å². The van der Waals surface area contributed by atoms with Gasteiger partial charge in [0.2, 0.25) is 0 Å². The fourth-order valence-electron chi connectivity index (χ4n) is 2.66. The molecule has 3 nitrogen and oxygen atoms in total. The number of hydrogen-bond donors (Lipinski definition) is 1. The Morgan fingerprint density at radius 3 is 2.80 bits per heavy atom. The molecule has 0 fully saturated rings. The summed E-state index contributed by atoms with van der Waals surface area (Å²) in [7, 11) is 1.87. The zero-order chi connectivity index (χ0) is 13.8. The number of anilines is 1. The molecule has 1 aliphatic carbocycles. The number of pyridine rings is 1. The molecule has 0 atom stereocenters. The second-order valence-electron chi connectivity index (χ2n) is 5.19. The maximum absolute atomic E-state index is 5.87. The molecule has 0 saturated heterocycles. The highest BCUT2D eigenvalue weighted by Crippen LogP contribution is 2.25. The lowest BCUT2D eigenvalue weighted by molar-refractivity contribution is 0.301. The standard InChI is InChI=1S/C17H20N2O/c1-18-17-8-4-7-15(19-17)12-20-16-10-9-13-5-2-3-6-14(13)11-16/h4,7-11H,2-3,5-6,12H2,1H3,(H,18,19). The van der Waals surface area contributed by atoms with Crippen molar-refractivity contribution in [3.63, 3.8) is 0 Å². The quantitative estimate of drug-likeness (QED) is 0.920. The third kappa shape index (κ3) is 2.93. The summed E-state index contributed by atoms with van der Waals surface area (Å²) >= 11 is 0. The summed E-state index contributed by atoms with van der Waals surface area (Å²) in [5.41, 5.74) is 3.87. The van der Waals surface area contributed by atoms with Crippen LogP contribution in [0.4, 0.5) is 5.82 Å². The largest absolute Gasteiger partial charge is 0.487 e. The third-order valence-corrected chi connectivity index (χ3v) is 3.77. The molecule has 1 aromatic heterocycles. The van der Waals surface area contributed by atoms with Crippen LogP contribution in [0.15, 0.2) is 36.4 Å². The maximum atomic E-state index is 5.87. The molecule has 1 heterocycles. The summed E-state index contributed by atoms with van der Waals surface area (Å²) in [5, 5.41) is 3.04. The number of rotatable bonds is 4. The summed E-state index contributed by atoms with van der Waals surface area (Å²) in [6, 6.07) is 12.4. The molecule has 3 heteroatoms. The molecule has 0 unspecified atom stereocenters. The van der Waals surface area contributed by atoms with Crippen molar-refractivity contribution in [2.24, 2.45) is 0 Å². The van der Waals surface area contributed by atoms with E-state index in [4.69, 9.17) is 4.74 Å². The van der Waals surface area contributed by atoms with Gasteiger partial charge in [0.15, 0.2) is 0 Å². The molecule has 0 bridgehead atoms. The van der Waals surface area contributed by atoms with Crippen molar-refractivity contribution in [3.05, 3.63) is 53.2 Å². The van der Waals surface area contributed by atoms with Crippen molar-refractivity contribution >= 4 is 5.82 Å². The van der Waals surface area contributed by atoms with E-state index in [1.54, 1.807) is 0 Å². The predicted molar refractivity (Wildman–Crippen MR) is 81.2 cm³/mol. The highest BCUT2D eigenvalue weighted by molar-refractivity contribution is 5.37.